The highest BCUT2D eigenvalue weighted by atomic mass is 32.2. The molecule has 0 aliphatic rings. The van der Waals surface area contributed by atoms with Crippen LogP contribution in [0.2, 0.25) is 0 Å². The summed E-state index contributed by atoms with van der Waals surface area (Å²) in [6.07, 6.45) is 0. The van der Waals surface area contributed by atoms with E-state index in [1.807, 2.05) is 0 Å². The zero-order chi connectivity index (χ0) is 21.0. The lowest BCUT2D eigenvalue weighted by molar-refractivity contribution is -0.115. The maximum absolute atomic E-state index is 13.7. The van der Waals surface area contributed by atoms with E-state index in [-0.39, 0.29) is 18.0 Å². The molecule has 3 rings (SSSR count). The number of carbonyl (C=O) groups excluding carboxylic acids is 2. The van der Waals surface area contributed by atoms with Crippen LogP contribution in [-0.2, 0) is 18.4 Å². The number of amides is 2. The summed E-state index contributed by atoms with van der Waals surface area (Å²) >= 11 is 2.51. The molecule has 0 saturated heterocycles. The third kappa shape index (κ3) is 5.15. The first-order valence-electron chi connectivity index (χ1n) is 8.53. The summed E-state index contributed by atoms with van der Waals surface area (Å²) in [5, 5.41) is 22.4. The SMILES string of the molecule is Cc1nnc(NC(=O)[C@@H](C)Sc2nnc(CNC(=O)c3ccccc3F)n2C)s1. The summed E-state index contributed by atoms with van der Waals surface area (Å²) in [5.41, 5.74) is -0.0403. The molecular weight excluding hydrogens is 417 g/mol. The summed E-state index contributed by atoms with van der Waals surface area (Å²) in [6.45, 7) is 3.61. The Kier molecular flexibility index (Phi) is 6.54. The number of nitrogens with zero attached hydrogens (tertiary/aromatic N) is 5. The van der Waals surface area contributed by atoms with Crippen LogP contribution >= 0.6 is 23.1 Å². The summed E-state index contributed by atoms with van der Waals surface area (Å²) < 4.78 is 15.4. The van der Waals surface area contributed by atoms with Crippen LogP contribution in [0.25, 0.3) is 0 Å². The van der Waals surface area contributed by atoms with Crippen molar-refractivity contribution in [3.8, 4) is 0 Å². The van der Waals surface area contributed by atoms with Crippen LogP contribution in [0.4, 0.5) is 9.52 Å². The molecule has 29 heavy (non-hydrogen) atoms. The fourth-order valence-corrected chi connectivity index (χ4v) is 3.70. The molecule has 12 heteroatoms. The number of hydrogen-bond donors (Lipinski definition) is 2. The molecule has 3 aromatic rings. The minimum absolute atomic E-state index is 0.0403. The van der Waals surface area contributed by atoms with E-state index >= 15 is 0 Å². The Morgan fingerprint density at radius 2 is 2.00 bits per heavy atom. The molecule has 0 spiro atoms. The minimum atomic E-state index is -0.593. The molecule has 0 aliphatic heterocycles. The van der Waals surface area contributed by atoms with E-state index < -0.39 is 17.0 Å². The maximum Gasteiger partial charge on any atom is 0.254 e. The molecule has 0 radical (unpaired) electrons. The van der Waals surface area contributed by atoms with Crippen LogP contribution in [0.5, 0.6) is 0 Å². The highest BCUT2D eigenvalue weighted by molar-refractivity contribution is 8.00. The Labute approximate surface area is 174 Å². The van der Waals surface area contributed by atoms with Gasteiger partial charge in [-0.05, 0) is 26.0 Å². The number of hydrogen-bond acceptors (Lipinski definition) is 8. The van der Waals surface area contributed by atoms with Crippen LogP contribution < -0.4 is 10.6 Å². The molecule has 0 bridgehead atoms. The second-order valence-electron chi connectivity index (χ2n) is 6.00. The lowest BCUT2D eigenvalue weighted by Gasteiger charge is -2.10. The van der Waals surface area contributed by atoms with Crippen molar-refractivity contribution in [1.29, 1.82) is 0 Å². The van der Waals surface area contributed by atoms with Crippen molar-refractivity contribution in [2.75, 3.05) is 5.32 Å². The van der Waals surface area contributed by atoms with Gasteiger partial charge in [0.15, 0.2) is 11.0 Å². The van der Waals surface area contributed by atoms with Gasteiger partial charge in [-0.3, -0.25) is 14.9 Å². The summed E-state index contributed by atoms with van der Waals surface area (Å²) in [4.78, 5) is 24.4. The van der Waals surface area contributed by atoms with Gasteiger partial charge < -0.3 is 9.88 Å². The summed E-state index contributed by atoms with van der Waals surface area (Å²) in [5.74, 6) is -0.891. The molecule has 0 unspecified atom stereocenters. The van der Waals surface area contributed by atoms with Gasteiger partial charge >= 0.3 is 0 Å². The monoisotopic (exact) mass is 435 g/mol. The number of rotatable bonds is 7. The van der Waals surface area contributed by atoms with E-state index in [4.69, 9.17) is 0 Å². The molecular formula is C17H18FN7O2S2. The van der Waals surface area contributed by atoms with Crippen molar-refractivity contribution in [3.63, 3.8) is 0 Å². The largest absolute Gasteiger partial charge is 0.345 e. The number of benzene rings is 1. The molecule has 0 saturated carbocycles. The number of halogens is 1. The third-order valence-corrected chi connectivity index (χ3v) is 5.75. The maximum atomic E-state index is 13.7. The first-order valence-corrected chi connectivity index (χ1v) is 10.2. The Balaban J connectivity index is 1.58. The standard InChI is InChI=1S/C17H18FN7O2S2/c1-9(14(26)20-16-23-21-10(2)29-16)28-17-24-22-13(25(17)3)8-19-15(27)11-6-4-5-7-12(11)18/h4-7,9H,8H2,1-3H3,(H,19,27)(H,20,23,26)/t9-/m1/s1. The van der Waals surface area contributed by atoms with E-state index in [1.165, 1.54) is 41.3 Å². The highest BCUT2D eigenvalue weighted by Crippen LogP contribution is 2.23. The van der Waals surface area contributed by atoms with Crippen LogP contribution in [0.1, 0.15) is 28.1 Å². The lowest BCUT2D eigenvalue weighted by atomic mass is 10.2. The van der Waals surface area contributed by atoms with E-state index in [2.05, 4.69) is 31.0 Å². The molecule has 2 heterocycles. The van der Waals surface area contributed by atoms with E-state index in [1.54, 1.807) is 31.5 Å². The van der Waals surface area contributed by atoms with Gasteiger partial charge in [0, 0.05) is 7.05 Å². The lowest BCUT2D eigenvalue weighted by Crippen LogP contribution is -2.25. The first-order chi connectivity index (χ1) is 13.8. The molecule has 0 aliphatic carbocycles. The molecule has 2 amide bonds. The fraction of sp³-hybridized carbons (Fsp3) is 0.294. The number of aromatic nitrogens is 5. The predicted octanol–water partition coefficient (Wildman–Crippen LogP) is 2.16. The van der Waals surface area contributed by atoms with Gasteiger partial charge in [-0.2, -0.15) is 0 Å². The summed E-state index contributed by atoms with van der Waals surface area (Å²) in [7, 11) is 1.73. The van der Waals surface area contributed by atoms with Gasteiger partial charge in [-0.1, -0.05) is 35.2 Å². The van der Waals surface area contributed by atoms with Crippen molar-refractivity contribution in [2.24, 2.45) is 7.05 Å². The van der Waals surface area contributed by atoms with Crippen molar-refractivity contribution in [2.45, 2.75) is 30.8 Å². The minimum Gasteiger partial charge on any atom is -0.345 e. The van der Waals surface area contributed by atoms with E-state index in [0.29, 0.717) is 16.1 Å². The van der Waals surface area contributed by atoms with E-state index in [0.717, 1.165) is 5.01 Å². The van der Waals surface area contributed by atoms with E-state index in [9.17, 15) is 14.0 Å². The van der Waals surface area contributed by atoms with Gasteiger partial charge in [0.25, 0.3) is 5.91 Å². The Morgan fingerprint density at radius 1 is 1.24 bits per heavy atom. The zero-order valence-corrected chi connectivity index (χ0v) is 17.5. The Bertz CT molecular complexity index is 1040. The second kappa shape index (κ2) is 9.09. The van der Waals surface area contributed by atoms with Crippen LogP contribution in [0.3, 0.4) is 0 Å². The quantitative estimate of drug-likeness (QED) is 0.547. The van der Waals surface area contributed by atoms with Gasteiger partial charge in [-0.25, -0.2) is 4.39 Å². The average Bonchev–Trinajstić information content (AvgIpc) is 3.25. The van der Waals surface area contributed by atoms with Gasteiger partial charge in [0.1, 0.15) is 10.8 Å². The average molecular weight is 436 g/mol. The topological polar surface area (TPSA) is 115 Å². The smallest absolute Gasteiger partial charge is 0.254 e. The fourth-order valence-electron chi connectivity index (χ4n) is 2.27. The normalized spacial score (nSPS) is 11.9. The Morgan fingerprint density at radius 3 is 2.69 bits per heavy atom. The predicted molar refractivity (Wildman–Crippen MR) is 107 cm³/mol. The molecule has 2 N–H and O–H groups in total. The number of carbonyl (C=O) groups is 2. The van der Waals surface area contributed by atoms with Crippen molar-refractivity contribution in [3.05, 3.63) is 46.5 Å². The van der Waals surface area contributed by atoms with Crippen LogP contribution in [0, 0.1) is 12.7 Å². The second-order valence-corrected chi connectivity index (χ2v) is 8.49. The number of thioether (sulfide) groups is 1. The molecule has 0 fully saturated rings. The first kappa shape index (κ1) is 20.9. The van der Waals surface area contributed by atoms with Crippen molar-refractivity contribution >= 4 is 40.0 Å². The molecule has 152 valence electrons. The zero-order valence-electron chi connectivity index (χ0n) is 15.8. The number of anilines is 1. The van der Waals surface area contributed by atoms with Crippen LogP contribution in [-0.4, -0.2) is 42.0 Å². The molecule has 9 nitrogen and oxygen atoms in total. The van der Waals surface area contributed by atoms with Gasteiger partial charge in [0.2, 0.25) is 11.0 Å². The summed E-state index contributed by atoms with van der Waals surface area (Å²) in [6, 6.07) is 5.73. The van der Waals surface area contributed by atoms with Crippen molar-refractivity contribution < 1.29 is 14.0 Å². The highest BCUT2D eigenvalue weighted by Gasteiger charge is 2.20. The number of nitrogens with one attached hydrogen (secondary N) is 2. The van der Waals surface area contributed by atoms with Crippen molar-refractivity contribution in [1.82, 2.24) is 30.3 Å². The molecule has 1 atom stereocenters. The van der Waals surface area contributed by atoms with Crippen LogP contribution in [0.15, 0.2) is 29.4 Å². The third-order valence-electron chi connectivity index (χ3n) is 3.86. The van der Waals surface area contributed by atoms with Gasteiger partial charge in [-0.15, -0.1) is 20.4 Å². The molecule has 1 aromatic carbocycles. The Hall–Kier alpha value is -2.86. The molecule has 2 aromatic heterocycles. The van der Waals surface area contributed by atoms with Gasteiger partial charge in [0.05, 0.1) is 17.4 Å². The number of aryl methyl sites for hydroxylation is 1.